The van der Waals surface area contributed by atoms with Crippen LogP contribution in [0.2, 0.25) is 0 Å². The van der Waals surface area contributed by atoms with Gasteiger partial charge in [0.1, 0.15) is 12.1 Å². The summed E-state index contributed by atoms with van der Waals surface area (Å²) in [6.45, 7) is 1.94. The second-order valence-corrected chi connectivity index (χ2v) is 6.48. The summed E-state index contributed by atoms with van der Waals surface area (Å²) in [6, 6.07) is 2.09. The third-order valence-corrected chi connectivity index (χ3v) is 5.51. The fraction of sp³-hybridized carbons (Fsp3) is 0.500. The molecule has 0 saturated carbocycles. The van der Waals surface area contributed by atoms with E-state index in [9.17, 15) is 14.7 Å². The highest BCUT2D eigenvalue weighted by atomic mass is 32.2. The van der Waals surface area contributed by atoms with E-state index in [1.165, 1.54) is 28.0 Å². The van der Waals surface area contributed by atoms with Crippen molar-refractivity contribution >= 4 is 35.0 Å². The number of aliphatic carboxylic acids is 1. The Labute approximate surface area is 119 Å². The summed E-state index contributed by atoms with van der Waals surface area (Å²) < 4.78 is 0. The second-order valence-electron chi connectivity index (χ2n) is 4.29. The average Bonchev–Trinajstić information content (AvgIpc) is 3.05. The second kappa shape index (κ2) is 5.94. The number of thiophene rings is 1. The Hall–Kier alpha value is -1.05. The van der Waals surface area contributed by atoms with Crippen LogP contribution in [0.5, 0.6) is 0 Å². The number of rotatable bonds is 4. The molecule has 1 aromatic rings. The van der Waals surface area contributed by atoms with E-state index in [-0.39, 0.29) is 11.3 Å². The van der Waals surface area contributed by atoms with Crippen LogP contribution in [0, 0.1) is 0 Å². The van der Waals surface area contributed by atoms with E-state index in [0.717, 1.165) is 11.3 Å². The Morgan fingerprint density at radius 2 is 2.37 bits per heavy atom. The van der Waals surface area contributed by atoms with Crippen molar-refractivity contribution in [3.63, 3.8) is 0 Å². The maximum atomic E-state index is 12.5. The molecule has 1 aliphatic heterocycles. The Bertz CT molecular complexity index is 464. The van der Waals surface area contributed by atoms with Gasteiger partial charge in [0.2, 0.25) is 5.91 Å². The highest BCUT2D eigenvalue weighted by Crippen LogP contribution is 2.33. The third kappa shape index (κ3) is 2.77. The van der Waals surface area contributed by atoms with Gasteiger partial charge in [0.05, 0.1) is 5.37 Å². The summed E-state index contributed by atoms with van der Waals surface area (Å²) in [6.07, 6.45) is 0.720. The molecule has 104 valence electrons. The Morgan fingerprint density at radius 3 is 2.89 bits per heavy atom. The highest BCUT2D eigenvalue weighted by molar-refractivity contribution is 8.00. The van der Waals surface area contributed by atoms with Gasteiger partial charge in [0.15, 0.2) is 0 Å². The predicted molar refractivity (Wildman–Crippen MR) is 76.1 cm³/mol. The molecule has 19 heavy (non-hydrogen) atoms. The number of hydrogen-bond acceptors (Lipinski definition) is 5. The minimum atomic E-state index is -0.963. The zero-order chi connectivity index (χ0) is 14.0. The molecule has 3 unspecified atom stereocenters. The fourth-order valence-corrected chi connectivity index (χ4v) is 4.19. The lowest BCUT2D eigenvalue weighted by molar-refractivity contribution is -0.149. The van der Waals surface area contributed by atoms with Gasteiger partial charge in [-0.3, -0.25) is 4.79 Å². The molecule has 1 amide bonds. The normalized spacial score (nSPS) is 24.4. The van der Waals surface area contributed by atoms with Crippen molar-refractivity contribution in [3.8, 4) is 0 Å². The Balaban J connectivity index is 2.21. The van der Waals surface area contributed by atoms with Gasteiger partial charge in [0.25, 0.3) is 0 Å². The SMILES string of the molecule is CCC1SCC(C(=O)O)N1C(=O)C(N)c1cccs1. The van der Waals surface area contributed by atoms with Gasteiger partial charge in [-0.15, -0.1) is 23.1 Å². The van der Waals surface area contributed by atoms with E-state index in [2.05, 4.69) is 0 Å². The number of carbonyl (C=O) groups excluding carboxylic acids is 1. The molecule has 1 aromatic heterocycles. The van der Waals surface area contributed by atoms with Crippen molar-refractivity contribution in [1.82, 2.24) is 4.90 Å². The van der Waals surface area contributed by atoms with E-state index in [1.54, 1.807) is 6.07 Å². The molecule has 5 nitrogen and oxygen atoms in total. The Kier molecular flexibility index (Phi) is 4.49. The van der Waals surface area contributed by atoms with Crippen LogP contribution < -0.4 is 5.73 Å². The number of hydrogen-bond donors (Lipinski definition) is 2. The molecule has 1 fully saturated rings. The maximum Gasteiger partial charge on any atom is 0.327 e. The van der Waals surface area contributed by atoms with Crippen molar-refractivity contribution in [2.75, 3.05) is 5.75 Å². The van der Waals surface area contributed by atoms with E-state index < -0.39 is 18.1 Å². The highest BCUT2D eigenvalue weighted by Gasteiger charge is 2.42. The van der Waals surface area contributed by atoms with Gasteiger partial charge in [-0.05, 0) is 17.9 Å². The smallest absolute Gasteiger partial charge is 0.327 e. The van der Waals surface area contributed by atoms with Crippen molar-refractivity contribution in [2.24, 2.45) is 5.73 Å². The summed E-state index contributed by atoms with van der Waals surface area (Å²) in [4.78, 5) is 25.9. The van der Waals surface area contributed by atoms with Crippen LogP contribution >= 0.6 is 23.1 Å². The molecule has 0 bridgehead atoms. The van der Waals surface area contributed by atoms with Gasteiger partial charge in [0, 0.05) is 10.6 Å². The van der Waals surface area contributed by atoms with Crippen molar-refractivity contribution < 1.29 is 14.7 Å². The van der Waals surface area contributed by atoms with Gasteiger partial charge >= 0.3 is 5.97 Å². The molecule has 1 aliphatic rings. The van der Waals surface area contributed by atoms with E-state index in [4.69, 9.17) is 5.73 Å². The molecule has 3 N–H and O–H groups in total. The van der Waals surface area contributed by atoms with Gasteiger partial charge in [-0.2, -0.15) is 0 Å². The van der Waals surface area contributed by atoms with Crippen LogP contribution in [0.1, 0.15) is 24.3 Å². The summed E-state index contributed by atoms with van der Waals surface area (Å²) in [7, 11) is 0. The maximum absolute atomic E-state index is 12.5. The summed E-state index contributed by atoms with van der Waals surface area (Å²) in [5, 5.41) is 11.0. The zero-order valence-electron chi connectivity index (χ0n) is 10.5. The van der Waals surface area contributed by atoms with Crippen LogP contribution in [0.3, 0.4) is 0 Å². The molecule has 0 spiro atoms. The first-order valence-corrected chi connectivity index (χ1v) is 7.94. The largest absolute Gasteiger partial charge is 0.480 e. The molecule has 7 heteroatoms. The van der Waals surface area contributed by atoms with Crippen LogP contribution in [0.4, 0.5) is 0 Å². The summed E-state index contributed by atoms with van der Waals surface area (Å²) in [5.74, 6) is -0.835. The molecule has 0 radical (unpaired) electrons. The first-order chi connectivity index (χ1) is 9.06. The predicted octanol–water partition coefficient (Wildman–Crippen LogP) is 1.51. The number of carboxylic acid groups (broad SMARTS) is 1. The fourth-order valence-electron chi connectivity index (χ4n) is 2.11. The molecule has 0 aromatic carbocycles. The number of thioether (sulfide) groups is 1. The minimum absolute atomic E-state index is 0.0976. The number of amides is 1. The molecule has 0 aliphatic carbocycles. The molecule has 3 atom stereocenters. The Morgan fingerprint density at radius 1 is 1.63 bits per heavy atom. The molecule has 1 saturated heterocycles. The first kappa shape index (κ1) is 14.4. The lowest BCUT2D eigenvalue weighted by Crippen LogP contribution is -2.48. The molecular formula is C12H16N2O3S2. The summed E-state index contributed by atoms with van der Waals surface area (Å²) in [5.41, 5.74) is 5.96. The minimum Gasteiger partial charge on any atom is -0.480 e. The van der Waals surface area contributed by atoms with Crippen molar-refractivity contribution in [1.29, 1.82) is 0 Å². The van der Waals surface area contributed by atoms with Crippen LogP contribution in [-0.4, -0.2) is 39.1 Å². The van der Waals surface area contributed by atoms with E-state index >= 15 is 0 Å². The lowest BCUT2D eigenvalue weighted by atomic mass is 10.1. The van der Waals surface area contributed by atoms with Crippen LogP contribution in [-0.2, 0) is 9.59 Å². The lowest BCUT2D eigenvalue weighted by Gasteiger charge is -2.28. The van der Waals surface area contributed by atoms with Gasteiger partial charge in [-0.1, -0.05) is 13.0 Å². The molecular weight excluding hydrogens is 284 g/mol. The number of carboxylic acids is 1. The standard InChI is InChI=1S/C12H16N2O3S2/c1-2-9-14(7(6-19-9)12(16)17)11(15)10(13)8-4-3-5-18-8/h3-5,7,9-10H,2,6,13H2,1H3,(H,16,17). The zero-order valence-corrected chi connectivity index (χ0v) is 12.1. The molecule has 2 heterocycles. The van der Waals surface area contributed by atoms with Crippen LogP contribution in [0.25, 0.3) is 0 Å². The summed E-state index contributed by atoms with van der Waals surface area (Å²) >= 11 is 2.91. The monoisotopic (exact) mass is 300 g/mol. The van der Waals surface area contributed by atoms with E-state index in [1.807, 2.05) is 18.4 Å². The van der Waals surface area contributed by atoms with Crippen LogP contribution in [0.15, 0.2) is 17.5 Å². The first-order valence-electron chi connectivity index (χ1n) is 6.01. The number of carbonyl (C=O) groups is 2. The number of nitrogens with zero attached hydrogens (tertiary/aromatic N) is 1. The average molecular weight is 300 g/mol. The quantitative estimate of drug-likeness (QED) is 0.880. The van der Waals surface area contributed by atoms with Crippen molar-refractivity contribution in [3.05, 3.63) is 22.4 Å². The van der Waals surface area contributed by atoms with E-state index in [0.29, 0.717) is 5.75 Å². The topological polar surface area (TPSA) is 83.6 Å². The molecule has 2 rings (SSSR count). The van der Waals surface area contributed by atoms with Gasteiger partial charge in [-0.25, -0.2) is 4.79 Å². The van der Waals surface area contributed by atoms with Gasteiger partial charge < -0.3 is 15.7 Å². The third-order valence-electron chi connectivity index (χ3n) is 3.10. The number of nitrogens with two attached hydrogens (primary N) is 1. The van der Waals surface area contributed by atoms with Crippen molar-refractivity contribution in [2.45, 2.75) is 30.8 Å².